The minimum atomic E-state index is -1.16. The van der Waals surface area contributed by atoms with Crippen molar-refractivity contribution in [2.75, 3.05) is 13.2 Å². The molecule has 4 rings (SSSR count). The maximum absolute atomic E-state index is 10.4. The first-order valence-corrected chi connectivity index (χ1v) is 12.2. The fraction of sp³-hybridized carbons (Fsp3) is 0.920. The quantitative estimate of drug-likeness (QED) is 0.402. The molecule has 4 aliphatic rings. The van der Waals surface area contributed by atoms with Gasteiger partial charge in [0.15, 0.2) is 6.29 Å². The van der Waals surface area contributed by atoms with E-state index in [-0.39, 0.29) is 35.6 Å². The molecule has 1 saturated heterocycles. The van der Waals surface area contributed by atoms with Crippen LogP contribution in [0.3, 0.4) is 0 Å². The van der Waals surface area contributed by atoms with E-state index >= 15 is 0 Å². The summed E-state index contributed by atoms with van der Waals surface area (Å²) in [6.07, 6.45) is 3.04. The summed E-state index contributed by atoms with van der Waals surface area (Å²) >= 11 is 0. The van der Waals surface area contributed by atoms with Gasteiger partial charge >= 0.3 is 0 Å². The zero-order chi connectivity index (χ0) is 23.5. The summed E-state index contributed by atoms with van der Waals surface area (Å²) in [4.78, 5) is 0. The predicted octanol–water partition coefficient (Wildman–Crippen LogP) is 1.74. The number of ether oxygens (including phenoxy) is 2. The van der Waals surface area contributed by atoms with E-state index in [1.807, 2.05) is 0 Å². The molecular weight excluding hydrogens is 412 g/mol. The molecule has 1 heterocycles. The molecule has 1 aliphatic heterocycles. The highest BCUT2D eigenvalue weighted by atomic mass is 16.7. The third-order valence-corrected chi connectivity index (χ3v) is 9.71. The fourth-order valence-corrected chi connectivity index (χ4v) is 7.51. The summed E-state index contributed by atoms with van der Waals surface area (Å²) in [6.45, 7) is 8.43. The Kier molecular flexibility index (Phi) is 6.60. The molecule has 0 aromatic heterocycles. The Morgan fingerprint density at radius 3 is 2.44 bits per heavy atom. The molecule has 184 valence electrons. The topological polar surface area (TPSA) is 120 Å². The van der Waals surface area contributed by atoms with Crippen LogP contribution in [-0.2, 0) is 9.47 Å². The summed E-state index contributed by atoms with van der Waals surface area (Å²) in [7, 11) is 0. The molecular formula is C25H42O7. The lowest BCUT2D eigenvalue weighted by atomic mass is 9.45. The third kappa shape index (κ3) is 3.78. The highest BCUT2D eigenvalue weighted by Gasteiger charge is 2.59. The number of aliphatic hydroxyl groups excluding tert-OH is 5. The summed E-state index contributed by atoms with van der Waals surface area (Å²) in [5, 5.41) is 49.7. The monoisotopic (exact) mass is 454 g/mol. The number of hydrogen-bond donors (Lipinski definition) is 5. The van der Waals surface area contributed by atoms with Crippen LogP contribution in [-0.4, -0.2) is 75.6 Å². The zero-order valence-corrected chi connectivity index (χ0v) is 19.9. The van der Waals surface area contributed by atoms with Crippen molar-refractivity contribution in [2.45, 2.75) is 103 Å². The van der Waals surface area contributed by atoms with Crippen molar-refractivity contribution < 1.29 is 35.0 Å². The number of fused-ring (bicyclic) bond motifs is 3. The van der Waals surface area contributed by atoms with E-state index in [2.05, 4.69) is 33.8 Å². The highest BCUT2D eigenvalue weighted by molar-refractivity contribution is 5.24. The van der Waals surface area contributed by atoms with Gasteiger partial charge in [-0.2, -0.15) is 0 Å². The molecule has 7 nitrogen and oxygen atoms in total. The van der Waals surface area contributed by atoms with Gasteiger partial charge in [0.25, 0.3) is 0 Å². The van der Waals surface area contributed by atoms with E-state index in [4.69, 9.17) is 9.47 Å². The van der Waals surface area contributed by atoms with Crippen LogP contribution in [0.25, 0.3) is 0 Å². The molecule has 0 bridgehead atoms. The van der Waals surface area contributed by atoms with Gasteiger partial charge in [-0.1, -0.05) is 39.3 Å². The second kappa shape index (κ2) is 8.59. The Labute approximate surface area is 191 Å². The first-order chi connectivity index (χ1) is 15.0. The molecule has 0 radical (unpaired) electrons. The first kappa shape index (κ1) is 24.6. The average molecular weight is 455 g/mol. The molecule has 3 aliphatic carbocycles. The van der Waals surface area contributed by atoms with Crippen LogP contribution >= 0.6 is 0 Å². The van der Waals surface area contributed by atoms with Gasteiger partial charge in [-0.05, 0) is 66.6 Å². The van der Waals surface area contributed by atoms with Gasteiger partial charge in [-0.15, -0.1) is 0 Å². The van der Waals surface area contributed by atoms with Crippen LogP contribution in [0, 0.1) is 28.1 Å². The molecule has 0 spiro atoms. The number of rotatable bonds is 5. The van der Waals surface area contributed by atoms with E-state index in [1.54, 1.807) is 0 Å². The van der Waals surface area contributed by atoms with Crippen LogP contribution in [0.15, 0.2) is 11.6 Å². The van der Waals surface area contributed by atoms with Crippen molar-refractivity contribution in [3.8, 4) is 0 Å². The molecule has 32 heavy (non-hydrogen) atoms. The number of hydrogen-bond acceptors (Lipinski definition) is 7. The number of allylic oxidation sites excluding steroid dienone is 2. The minimum Gasteiger partial charge on any atom is -0.394 e. The smallest absolute Gasteiger partial charge is 0.186 e. The first-order valence-electron chi connectivity index (χ1n) is 12.2. The van der Waals surface area contributed by atoms with Crippen molar-refractivity contribution >= 4 is 0 Å². The molecule has 0 amide bonds. The Balaban J connectivity index is 1.52. The van der Waals surface area contributed by atoms with Crippen LogP contribution in [0.2, 0.25) is 0 Å². The summed E-state index contributed by atoms with van der Waals surface area (Å²) in [5.74, 6) is 0.862. The summed E-state index contributed by atoms with van der Waals surface area (Å²) in [5.41, 5.74) is 1.13. The molecule has 5 N–H and O–H groups in total. The zero-order valence-electron chi connectivity index (χ0n) is 19.9. The highest BCUT2D eigenvalue weighted by Crippen LogP contribution is 2.64. The minimum absolute atomic E-state index is 0.120. The third-order valence-electron chi connectivity index (χ3n) is 9.71. The Hall–Kier alpha value is -0.540. The van der Waals surface area contributed by atoms with Crippen LogP contribution in [0.5, 0.6) is 0 Å². The van der Waals surface area contributed by atoms with Crippen molar-refractivity contribution in [1.82, 2.24) is 0 Å². The van der Waals surface area contributed by atoms with Crippen molar-refractivity contribution in [2.24, 2.45) is 28.1 Å². The lowest BCUT2D eigenvalue weighted by molar-refractivity contribution is -0.242. The Bertz CT molecular complexity index is 723. The molecule has 3 fully saturated rings. The van der Waals surface area contributed by atoms with Gasteiger partial charge in [0.1, 0.15) is 18.3 Å². The second-order valence-corrected chi connectivity index (χ2v) is 11.9. The SMILES string of the molecule is CC1(C)[C@H]2CC=C3C[C@@](C)([C@@H](O)CO)CC[C@H]3[C@]2(C)CC[C@H]1O[C@@H]1O[C@@H](CO)[C@H](O)[C@H]1O. The van der Waals surface area contributed by atoms with Gasteiger partial charge in [-0.3, -0.25) is 0 Å². The van der Waals surface area contributed by atoms with E-state index in [0.29, 0.717) is 11.8 Å². The largest absolute Gasteiger partial charge is 0.394 e. The van der Waals surface area contributed by atoms with Gasteiger partial charge in [0.05, 0.1) is 25.4 Å². The maximum atomic E-state index is 10.4. The standard InChI is InChI=1S/C25H42O7/c1-23(2)17-6-5-14-11-24(3,18(28)13-27)9-7-15(14)25(17,4)10-8-19(23)32-22-21(30)20(29)16(12-26)31-22/h5,15-22,26-30H,6-13H2,1-4H3/t15-,16+,17-,18+,19-,20+,21-,22+,24+,25+/m1/s1. The Morgan fingerprint density at radius 1 is 1.09 bits per heavy atom. The van der Waals surface area contributed by atoms with Gasteiger partial charge < -0.3 is 35.0 Å². The van der Waals surface area contributed by atoms with E-state index < -0.39 is 30.7 Å². The Morgan fingerprint density at radius 2 is 1.81 bits per heavy atom. The summed E-state index contributed by atoms with van der Waals surface area (Å²) in [6, 6.07) is 0. The molecule has 2 saturated carbocycles. The van der Waals surface area contributed by atoms with Crippen LogP contribution < -0.4 is 0 Å². The molecule has 7 heteroatoms. The second-order valence-electron chi connectivity index (χ2n) is 11.9. The maximum Gasteiger partial charge on any atom is 0.186 e. The van der Waals surface area contributed by atoms with Crippen LogP contribution in [0.1, 0.15) is 66.2 Å². The lowest BCUT2D eigenvalue weighted by Gasteiger charge is -2.61. The molecule has 0 unspecified atom stereocenters. The number of aliphatic hydroxyl groups is 5. The fourth-order valence-electron chi connectivity index (χ4n) is 7.51. The molecule has 0 aromatic carbocycles. The molecule has 0 aromatic rings. The van der Waals surface area contributed by atoms with E-state index in [9.17, 15) is 25.5 Å². The van der Waals surface area contributed by atoms with Crippen molar-refractivity contribution in [1.29, 1.82) is 0 Å². The average Bonchev–Trinajstić information content (AvgIpc) is 3.02. The van der Waals surface area contributed by atoms with Gasteiger partial charge in [0, 0.05) is 0 Å². The van der Waals surface area contributed by atoms with E-state index in [1.165, 1.54) is 5.57 Å². The lowest BCUT2D eigenvalue weighted by Crippen LogP contribution is -2.57. The van der Waals surface area contributed by atoms with E-state index in [0.717, 1.165) is 38.5 Å². The van der Waals surface area contributed by atoms with Crippen molar-refractivity contribution in [3.63, 3.8) is 0 Å². The summed E-state index contributed by atoms with van der Waals surface area (Å²) < 4.78 is 11.9. The van der Waals surface area contributed by atoms with Gasteiger partial charge in [0.2, 0.25) is 0 Å². The van der Waals surface area contributed by atoms with Crippen LogP contribution in [0.4, 0.5) is 0 Å². The predicted molar refractivity (Wildman–Crippen MR) is 118 cm³/mol. The van der Waals surface area contributed by atoms with Gasteiger partial charge in [-0.25, -0.2) is 0 Å². The molecule has 10 atom stereocenters. The normalized spacial score (nSPS) is 49.2. The van der Waals surface area contributed by atoms with Crippen molar-refractivity contribution in [3.05, 3.63) is 11.6 Å².